The van der Waals surface area contributed by atoms with Gasteiger partial charge in [0.15, 0.2) is 0 Å². The molecule has 3 fully saturated rings. The van der Waals surface area contributed by atoms with E-state index in [1.165, 1.54) is 17.2 Å². The molecule has 4 rings (SSSR count). The fourth-order valence-electron chi connectivity index (χ4n) is 3.39. The van der Waals surface area contributed by atoms with Crippen molar-refractivity contribution < 1.29 is 4.39 Å². The van der Waals surface area contributed by atoms with Crippen LogP contribution in [-0.4, -0.2) is 5.54 Å². The Morgan fingerprint density at radius 1 is 1.33 bits per heavy atom. The van der Waals surface area contributed by atoms with Crippen LogP contribution in [0.5, 0.6) is 0 Å². The van der Waals surface area contributed by atoms with E-state index >= 15 is 0 Å². The third-order valence-electron chi connectivity index (χ3n) is 4.11. The highest BCUT2D eigenvalue weighted by Gasteiger charge is 2.68. The Labute approximate surface area is 88.6 Å². The first kappa shape index (κ1) is 9.31. The summed E-state index contributed by atoms with van der Waals surface area (Å²) in [5, 5.41) is 0. The summed E-state index contributed by atoms with van der Waals surface area (Å²) in [6.07, 6.45) is 3.17. The Morgan fingerprint density at radius 3 is 2.60 bits per heavy atom. The highest BCUT2D eigenvalue weighted by molar-refractivity contribution is 5.45. The topological polar surface area (TPSA) is 38.0 Å². The van der Waals surface area contributed by atoms with Gasteiger partial charge in [0.2, 0.25) is 0 Å². The summed E-state index contributed by atoms with van der Waals surface area (Å²) in [7, 11) is 0. The normalized spacial score (nSPS) is 37.0. The van der Waals surface area contributed by atoms with Gasteiger partial charge < -0.3 is 0 Å². The molecule has 0 radical (unpaired) electrons. The Balaban J connectivity index is 1.93. The maximum atomic E-state index is 13.2. The van der Waals surface area contributed by atoms with Gasteiger partial charge in [0, 0.05) is 11.0 Å². The largest absolute Gasteiger partial charge is 0.271 e. The molecule has 2 nitrogen and oxygen atoms in total. The molecule has 3 saturated carbocycles. The van der Waals surface area contributed by atoms with Crippen LogP contribution < -0.4 is 11.3 Å². The van der Waals surface area contributed by atoms with Crippen LogP contribution in [0.1, 0.15) is 30.4 Å². The van der Waals surface area contributed by atoms with Gasteiger partial charge in [-0.15, -0.1) is 0 Å². The third kappa shape index (κ3) is 1.05. The van der Waals surface area contributed by atoms with E-state index in [9.17, 15) is 4.39 Å². The zero-order chi connectivity index (χ0) is 10.7. The highest BCUT2D eigenvalue weighted by atomic mass is 19.1. The Kier molecular flexibility index (Phi) is 1.61. The average molecular weight is 206 g/mol. The summed E-state index contributed by atoms with van der Waals surface area (Å²) in [6.45, 7) is 2.05. The van der Waals surface area contributed by atoms with Crippen LogP contribution in [0.25, 0.3) is 0 Å². The van der Waals surface area contributed by atoms with Crippen LogP contribution in [0, 0.1) is 12.7 Å². The number of hydrogen-bond donors (Lipinski definition) is 2. The van der Waals surface area contributed by atoms with Crippen LogP contribution in [-0.2, 0) is 5.41 Å². The number of rotatable bonds is 2. The van der Waals surface area contributed by atoms with Crippen molar-refractivity contribution in [3.8, 4) is 0 Å². The second-order valence-corrected chi connectivity index (χ2v) is 5.19. The minimum absolute atomic E-state index is 0.130. The van der Waals surface area contributed by atoms with Crippen LogP contribution in [0.3, 0.4) is 0 Å². The summed E-state index contributed by atoms with van der Waals surface area (Å²) >= 11 is 0. The number of aryl methyl sites for hydroxylation is 1. The summed E-state index contributed by atoms with van der Waals surface area (Å²) < 4.78 is 13.2. The number of hydrogen-bond acceptors (Lipinski definition) is 2. The lowest BCUT2D eigenvalue weighted by Crippen LogP contribution is -2.77. The molecule has 0 aromatic heterocycles. The van der Waals surface area contributed by atoms with Gasteiger partial charge in [-0.2, -0.15) is 0 Å². The van der Waals surface area contributed by atoms with Crippen molar-refractivity contribution in [2.45, 2.75) is 37.1 Å². The fraction of sp³-hybridized carbons (Fsp3) is 0.500. The zero-order valence-corrected chi connectivity index (χ0v) is 8.81. The summed E-state index contributed by atoms with van der Waals surface area (Å²) in [5.74, 6) is 5.36. The predicted molar refractivity (Wildman–Crippen MR) is 56.7 cm³/mol. The van der Waals surface area contributed by atoms with Crippen molar-refractivity contribution in [1.29, 1.82) is 0 Å². The van der Waals surface area contributed by atoms with E-state index < -0.39 is 0 Å². The van der Waals surface area contributed by atoms with Gasteiger partial charge in [0.05, 0.1) is 0 Å². The number of hydrazine groups is 1. The molecule has 0 heterocycles. The van der Waals surface area contributed by atoms with Gasteiger partial charge in [-0.3, -0.25) is 11.3 Å². The molecule has 0 atom stereocenters. The maximum absolute atomic E-state index is 13.2. The minimum atomic E-state index is -0.130. The average Bonchev–Trinajstić information content (AvgIpc) is 2.07. The first-order valence-corrected chi connectivity index (χ1v) is 5.34. The lowest BCUT2D eigenvalue weighted by atomic mass is 9.37. The van der Waals surface area contributed by atoms with E-state index in [-0.39, 0.29) is 16.8 Å². The van der Waals surface area contributed by atoms with E-state index in [0.717, 1.165) is 19.3 Å². The highest BCUT2D eigenvalue weighted by Crippen LogP contribution is 2.67. The summed E-state index contributed by atoms with van der Waals surface area (Å²) in [6, 6.07) is 5.09. The van der Waals surface area contributed by atoms with E-state index in [1.54, 1.807) is 6.07 Å². The van der Waals surface area contributed by atoms with Crippen molar-refractivity contribution in [3.63, 3.8) is 0 Å². The van der Waals surface area contributed by atoms with Crippen LogP contribution in [0.15, 0.2) is 18.2 Å². The Bertz CT molecular complexity index is 408. The van der Waals surface area contributed by atoms with Crippen molar-refractivity contribution >= 4 is 0 Å². The quantitative estimate of drug-likeness (QED) is 0.571. The molecule has 3 aliphatic rings. The van der Waals surface area contributed by atoms with Crippen molar-refractivity contribution in [1.82, 2.24) is 5.43 Å². The first-order valence-electron chi connectivity index (χ1n) is 5.34. The second kappa shape index (κ2) is 2.60. The maximum Gasteiger partial charge on any atom is 0.123 e. The smallest absolute Gasteiger partial charge is 0.123 e. The van der Waals surface area contributed by atoms with Gasteiger partial charge in [-0.25, -0.2) is 4.39 Å². The van der Waals surface area contributed by atoms with Crippen LogP contribution in [0.4, 0.5) is 4.39 Å². The summed E-state index contributed by atoms with van der Waals surface area (Å²) in [4.78, 5) is 0. The van der Waals surface area contributed by atoms with Crippen molar-refractivity contribution in [3.05, 3.63) is 35.1 Å². The second-order valence-electron chi connectivity index (χ2n) is 5.19. The molecular formula is C12H15FN2. The molecule has 0 amide bonds. The monoisotopic (exact) mass is 206 g/mol. The van der Waals surface area contributed by atoms with E-state index in [4.69, 9.17) is 5.84 Å². The number of nitrogens with two attached hydrogens (primary N) is 1. The lowest BCUT2D eigenvalue weighted by Gasteiger charge is -2.71. The molecule has 1 aromatic rings. The molecule has 0 aliphatic heterocycles. The molecule has 1 aromatic carbocycles. The lowest BCUT2D eigenvalue weighted by molar-refractivity contribution is -0.0887. The van der Waals surface area contributed by atoms with Crippen molar-refractivity contribution in [2.75, 3.05) is 0 Å². The molecule has 2 bridgehead atoms. The number of halogens is 1. The van der Waals surface area contributed by atoms with Gasteiger partial charge in [-0.05, 0) is 49.4 Å². The van der Waals surface area contributed by atoms with Crippen LogP contribution >= 0.6 is 0 Å². The van der Waals surface area contributed by atoms with E-state index in [0.29, 0.717) is 0 Å². The first-order chi connectivity index (χ1) is 7.09. The van der Waals surface area contributed by atoms with Crippen molar-refractivity contribution in [2.24, 2.45) is 5.84 Å². The Hall–Kier alpha value is -0.930. The fourth-order valence-corrected chi connectivity index (χ4v) is 3.39. The van der Waals surface area contributed by atoms with Gasteiger partial charge in [-0.1, -0.05) is 6.07 Å². The molecule has 80 valence electrons. The molecule has 0 spiro atoms. The molecular weight excluding hydrogens is 191 g/mol. The SMILES string of the molecule is Cc1ccc(F)cc1C12CC(NN)(C1)C2. The zero-order valence-electron chi connectivity index (χ0n) is 8.81. The molecule has 3 N–H and O–H groups in total. The minimum Gasteiger partial charge on any atom is -0.271 e. The number of benzene rings is 1. The van der Waals surface area contributed by atoms with Gasteiger partial charge >= 0.3 is 0 Å². The number of nitrogens with one attached hydrogen (secondary N) is 1. The van der Waals surface area contributed by atoms with Gasteiger partial charge in [0.1, 0.15) is 5.82 Å². The summed E-state index contributed by atoms with van der Waals surface area (Å²) in [5.41, 5.74) is 5.64. The molecule has 3 heteroatoms. The molecule has 0 saturated heterocycles. The van der Waals surface area contributed by atoms with E-state index in [2.05, 4.69) is 12.3 Å². The Morgan fingerprint density at radius 2 is 2.00 bits per heavy atom. The molecule has 15 heavy (non-hydrogen) atoms. The molecule has 0 unspecified atom stereocenters. The van der Waals surface area contributed by atoms with Crippen LogP contribution in [0.2, 0.25) is 0 Å². The third-order valence-corrected chi connectivity index (χ3v) is 4.11. The van der Waals surface area contributed by atoms with Gasteiger partial charge in [0.25, 0.3) is 0 Å². The molecule has 3 aliphatic carbocycles. The van der Waals surface area contributed by atoms with E-state index in [1.807, 2.05) is 6.07 Å². The predicted octanol–water partition coefficient (Wildman–Crippen LogP) is 1.77. The standard InChI is InChI=1S/C12H15FN2/c1-8-2-3-9(13)4-10(8)11-5-12(6-11,7-11)15-14/h2-4,15H,5-7,14H2,1H3.